The smallest absolute Gasteiger partial charge is 0.101 e. The molecule has 2 nitrogen and oxygen atoms in total. The van der Waals surface area contributed by atoms with Crippen LogP contribution in [0.5, 0.6) is 0 Å². The van der Waals surface area contributed by atoms with Crippen molar-refractivity contribution in [3.05, 3.63) is 28.2 Å². The molecule has 0 unspecified atom stereocenters. The summed E-state index contributed by atoms with van der Waals surface area (Å²) < 4.78 is 0.976. The molecule has 0 aliphatic heterocycles. The van der Waals surface area contributed by atoms with Gasteiger partial charge in [-0.15, -0.1) is 0 Å². The number of nitrogens with zero attached hydrogens (tertiary/aromatic N) is 2. The summed E-state index contributed by atoms with van der Waals surface area (Å²) in [5.74, 6) is 0. The normalized spacial score (nSPS) is 14.4. The second kappa shape index (κ2) is 5.55. The molecule has 90 valence electrons. The lowest BCUT2D eigenvalue weighted by Crippen LogP contribution is -2.27. The van der Waals surface area contributed by atoms with Gasteiger partial charge in [-0.05, 0) is 37.5 Å². The Morgan fingerprint density at radius 3 is 2.82 bits per heavy atom. The summed E-state index contributed by atoms with van der Waals surface area (Å²) in [5.41, 5.74) is 1.88. The molecule has 1 aliphatic carbocycles. The third-order valence-corrected chi connectivity index (χ3v) is 3.62. The van der Waals surface area contributed by atoms with Gasteiger partial charge in [0.2, 0.25) is 0 Å². The number of unbranched alkanes of at least 4 members (excludes halogenated alkanes) is 1. The van der Waals surface area contributed by atoms with Crippen LogP contribution in [0.3, 0.4) is 0 Å². The molecule has 0 N–H and O–H groups in total. The van der Waals surface area contributed by atoms with Crippen LogP contribution in [0.25, 0.3) is 0 Å². The maximum atomic E-state index is 9.22. The second-order valence-corrected chi connectivity index (χ2v) is 5.47. The van der Waals surface area contributed by atoms with Crippen LogP contribution in [-0.4, -0.2) is 12.6 Å². The Hall–Kier alpha value is -1.01. The SMILES string of the molecule is CCCCN(c1ccc(Br)cc1C#N)C1CC1. The largest absolute Gasteiger partial charge is 0.367 e. The minimum atomic E-state index is 0.662. The van der Waals surface area contributed by atoms with Crippen LogP contribution in [0.4, 0.5) is 5.69 Å². The van der Waals surface area contributed by atoms with E-state index in [0.29, 0.717) is 6.04 Å². The Morgan fingerprint density at radius 1 is 1.47 bits per heavy atom. The molecule has 0 aromatic heterocycles. The second-order valence-electron chi connectivity index (χ2n) is 4.55. The first kappa shape index (κ1) is 12.4. The number of hydrogen-bond donors (Lipinski definition) is 0. The van der Waals surface area contributed by atoms with Crippen molar-refractivity contribution >= 4 is 21.6 Å². The van der Waals surface area contributed by atoms with Crippen LogP contribution in [0, 0.1) is 11.3 Å². The summed E-state index contributed by atoms with van der Waals surface area (Å²) in [5, 5.41) is 9.22. The molecule has 0 saturated heterocycles. The van der Waals surface area contributed by atoms with Gasteiger partial charge in [-0.2, -0.15) is 5.26 Å². The lowest BCUT2D eigenvalue weighted by atomic mass is 10.1. The fourth-order valence-corrected chi connectivity index (χ4v) is 2.42. The molecule has 3 heteroatoms. The third-order valence-electron chi connectivity index (χ3n) is 3.13. The number of halogens is 1. The molecule has 1 aromatic rings. The van der Waals surface area contributed by atoms with E-state index in [1.807, 2.05) is 12.1 Å². The standard InChI is InChI=1S/C14H17BrN2/c1-2-3-8-17(13-5-6-13)14-7-4-12(15)9-11(14)10-16/h4,7,9,13H,2-3,5-6,8H2,1H3. The van der Waals surface area contributed by atoms with Gasteiger partial charge in [0.25, 0.3) is 0 Å². The van der Waals surface area contributed by atoms with Gasteiger partial charge in [0.1, 0.15) is 6.07 Å². The zero-order valence-corrected chi connectivity index (χ0v) is 11.7. The number of benzene rings is 1. The first-order chi connectivity index (χ1) is 8.26. The monoisotopic (exact) mass is 292 g/mol. The van der Waals surface area contributed by atoms with Crippen molar-refractivity contribution in [1.29, 1.82) is 5.26 Å². The van der Waals surface area contributed by atoms with Crippen LogP contribution in [0.1, 0.15) is 38.2 Å². The zero-order chi connectivity index (χ0) is 12.3. The number of rotatable bonds is 5. The van der Waals surface area contributed by atoms with Crippen molar-refractivity contribution < 1.29 is 0 Å². The van der Waals surface area contributed by atoms with Gasteiger partial charge in [-0.1, -0.05) is 29.3 Å². The summed E-state index contributed by atoms with van der Waals surface area (Å²) in [7, 11) is 0. The molecular weight excluding hydrogens is 276 g/mol. The fraction of sp³-hybridized carbons (Fsp3) is 0.500. The zero-order valence-electron chi connectivity index (χ0n) is 10.1. The van der Waals surface area contributed by atoms with Gasteiger partial charge in [0.05, 0.1) is 11.3 Å². The average Bonchev–Trinajstić information content (AvgIpc) is 3.15. The molecule has 1 aromatic carbocycles. The van der Waals surface area contributed by atoms with Gasteiger partial charge in [0.15, 0.2) is 0 Å². The van der Waals surface area contributed by atoms with Crippen LogP contribution >= 0.6 is 15.9 Å². The summed E-state index contributed by atoms with van der Waals surface area (Å²) in [4.78, 5) is 2.41. The topological polar surface area (TPSA) is 27.0 Å². The third kappa shape index (κ3) is 3.01. The molecule has 0 bridgehead atoms. The van der Waals surface area contributed by atoms with Gasteiger partial charge in [0, 0.05) is 17.1 Å². The maximum absolute atomic E-state index is 9.22. The van der Waals surface area contributed by atoms with Gasteiger partial charge in [-0.25, -0.2) is 0 Å². The quantitative estimate of drug-likeness (QED) is 0.817. The fourth-order valence-electron chi connectivity index (χ4n) is 2.06. The van der Waals surface area contributed by atoms with E-state index in [4.69, 9.17) is 0 Å². The van der Waals surface area contributed by atoms with E-state index in [-0.39, 0.29) is 0 Å². The highest BCUT2D eigenvalue weighted by Crippen LogP contribution is 2.34. The van der Waals surface area contributed by atoms with E-state index in [2.05, 4.69) is 39.9 Å². The predicted molar refractivity (Wildman–Crippen MR) is 74.1 cm³/mol. The van der Waals surface area contributed by atoms with Crippen molar-refractivity contribution in [3.63, 3.8) is 0 Å². The molecular formula is C14H17BrN2. The highest BCUT2D eigenvalue weighted by Gasteiger charge is 2.29. The minimum Gasteiger partial charge on any atom is -0.367 e. The first-order valence-electron chi connectivity index (χ1n) is 6.22. The van der Waals surface area contributed by atoms with Gasteiger partial charge < -0.3 is 4.90 Å². The Kier molecular flexibility index (Phi) is 4.06. The molecule has 17 heavy (non-hydrogen) atoms. The summed E-state index contributed by atoms with van der Waals surface area (Å²) in [6.07, 6.45) is 4.92. The van der Waals surface area contributed by atoms with E-state index in [0.717, 1.165) is 22.3 Å². The van der Waals surface area contributed by atoms with E-state index in [1.165, 1.54) is 25.7 Å². The van der Waals surface area contributed by atoms with Crippen LogP contribution in [0.2, 0.25) is 0 Å². The van der Waals surface area contributed by atoms with E-state index < -0.39 is 0 Å². The van der Waals surface area contributed by atoms with Crippen molar-refractivity contribution in [1.82, 2.24) is 0 Å². The lowest BCUT2D eigenvalue weighted by Gasteiger charge is -2.25. The molecule has 2 rings (SSSR count). The predicted octanol–water partition coefficient (Wildman–Crippen LogP) is 4.09. The molecule has 0 atom stereocenters. The summed E-state index contributed by atoms with van der Waals surface area (Å²) >= 11 is 3.42. The van der Waals surface area contributed by atoms with Crippen LogP contribution in [-0.2, 0) is 0 Å². The highest BCUT2D eigenvalue weighted by atomic mass is 79.9. The van der Waals surface area contributed by atoms with E-state index >= 15 is 0 Å². The Morgan fingerprint density at radius 2 is 2.24 bits per heavy atom. The van der Waals surface area contributed by atoms with Crippen molar-refractivity contribution in [2.24, 2.45) is 0 Å². The highest BCUT2D eigenvalue weighted by molar-refractivity contribution is 9.10. The van der Waals surface area contributed by atoms with Gasteiger partial charge in [-0.3, -0.25) is 0 Å². The number of anilines is 1. The van der Waals surface area contributed by atoms with Crippen molar-refractivity contribution in [2.45, 2.75) is 38.6 Å². The molecule has 1 fully saturated rings. The van der Waals surface area contributed by atoms with E-state index in [9.17, 15) is 5.26 Å². The Balaban J connectivity index is 2.25. The molecule has 0 radical (unpaired) electrons. The minimum absolute atomic E-state index is 0.662. The summed E-state index contributed by atoms with van der Waals surface area (Å²) in [6.45, 7) is 3.27. The van der Waals surface area contributed by atoms with Crippen molar-refractivity contribution in [3.8, 4) is 6.07 Å². The van der Waals surface area contributed by atoms with E-state index in [1.54, 1.807) is 0 Å². The van der Waals surface area contributed by atoms with Crippen LogP contribution in [0.15, 0.2) is 22.7 Å². The molecule has 1 saturated carbocycles. The molecule has 0 heterocycles. The van der Waals surface area contributed by atoms with Crippen molar-refractivity contribution in [2.75, 3.05) is 11.4 Å². The average molecular weight is 293 g/mol. The molecule has 0 spiro atoms. The Labute approximate surface area is 111 Å². The lowest BCUT2D eigenvalue weighted by molar-refractivity contribution is 0.712. The van der Waals surface area contributed by atoms with Crippen LogP contribution < -0.4 is 4.90 Å². The molecule has 1 aliphatic rings. The molecule has 0 amide bonds. The number of hydrogen-bond acceptors (Lipinski definition) is 2. The first-order valence-corrected chi connectivity index (χ1v) is 7.02. The number of nitriles is 1. The maximum Gasteiger partial charge on any atom is 0.101 e. The Bertz CT molecular complexity index is 432. The van der Waals surface area contributed by atoms with Gasteiger partial charge >= 0.3 is 0 Å². The summed E-state index contributed by atoms with van der Waals surface area (Å²) in [6, 6.07) is 8.97.